The van der Waals surface area contributed by atoms with Crippen LogP contribution in [0.25, 0.3) is 0 Å². The zero-order valence-corrected chi connectivity index (χ0v) is 13.8. The molecule has 3 nitrogen and oxygen atoms in total. The third-order valence-electron chi connectivity index (χ3n) is 4.17. The number of rotatable bonds is 3. The Labute approximate surface area is 136 Å². The van der Waals surface area contributed by atoms with Gasteiger partial charge in [0.25, 0.3) is 0 Å². The Bertz CT molecular complexity index is 507. The van der Waals surface area contributed by atoms with Gasteiger partial charge in [-0.3, -0.25) is 4.79 Å². The summed E-state index contributed by atoms with van der Waals surface area (Å²) in [7, 11) is 1.82. The highest BCUT2D eigenvalue weighted by Gasteiger charge is 2.29. The first-order valence-corrected chi connectivity index (χ1v) is 8.19. The Hall–Kier alpha value is -0.770. The van der Waals surface area contributed by atoms with Crippen LogP contribution in [0, 0.1) is 5.92 Å². The molecular formula is C16H22Cl2N2O. The van der Waals surface area contributed by atoms with Gasteiger partial charge in [0.15, 0.2) is 0 Å². The Kier molecular flexibility index (Phi) is 5.91. The smallest absolute Gasteiger partial charge is 0.227 e. The Morgan fingerprint density at radius 3 is 2.67 bits per heavy atom. The topological polar surface area (TPSA) is 46.3 Å². The van der Waals surface area contributed by atoms with Crippen LogP contribution in [0.5, 0.6) is 0 Å². The molecule has 0 aromatic heterocycles. The minimum Gasteiger partial charge on any atom is -0.341 e. The highest BCUT2D eigenvalue weighted by atomic mass is 35.5. The monoisotopic (exact) mass is 328 g/mol. The third kappa shape index (κ3) is 4.35. The van der Waals surface area contributed by atoms with E-state index >= 15 is 0 Å². The lowest BCUT2D eigenvalue weighted by molar-refractivity contribution is -0.135. The number of benzene rings is 1. The fourth-order valence-electron chi connectivity index (χ4n) is 2.92. The molecule has 21 heavy (non-hydrogen) atoms. The predicted molar refractivity (Wildman–Crippen MR) is 87.5 cm³/mol. The summed E-state index contributed by atoms with van der Waals surface area (Å²) in [5.41, 5.74) is 7.14. The zero-order valence-electron chi connectivity index (χ0n) is 12.3. The predicted octanol–water partition coefficient (Wildman–Crippen LogP) is 3.86. The van der Waals surface area contributed by atoms with Crippen LogP contribution in [0.15, 0.2) is 18.2 Å². The van der Waals surface area contributed by atoms with Crippen LogP contribution in [-0.4, -0.2) is 23.9 Å². The molecule has 5 heteroatoms. The number of nitrogens with two attached hydrogens (primary N) is 1. The van der Waals surface area contributed by atoms with Crippen LogP contribution in [-0.2, 0) is 11.3 Å². The molecule has 1 aliphatic rings. The standard InChI is InChI=1S/C16H22Cl2N2O/c1-20(10-11-7-8-13(17)14(18)9-11)16(21)12-5-3-2-4-6-15(12)19/h7-9,12,15H,2-6,10,19H2,1H3. The molecule has 2 unspecified atom stereocenters. The summed E-state index contributed by atoms with van der Waals surface area (Å²) in [5, 5.41) is 1.04. The van der Waals surface area contributed by atoms with E-state index in [1.807, 2.05) is 13.1 Å². The molecule has 1 aromatic rings. The first-order valence-electron chi connectivity index (χ1n) is 7.43. The molecular weight excluding hydrogens is 307 g/mol. The van der Waals surface area contributed by atoms with Crippen molar-refractivity contribution in [3.8, 4) is 0 Å². The average Bonchev–Trinajstić information content (AvgIpc) is 2.66. The largest absolute Gasteiger partial charge is 0.341 e. The number of hydrogen-bond donors (Lipinski definition) is 1. The molecule has 0 saturated heterocycles. The maximum absolute atomic E-state index is 12.6. The van der Waals surface area contributed by atoms with Gasteiger partial charge in [0.05, 0.1) is 16.0 Å². The van der Waals surface area contributed by atoms with Crippen molar-refractivity contribution in [2.75, 3.05) is 7.05 Å². The summed E-state index contributed by atoms with van der Waals surface area (Å²) in [6, 6.07) is 5.44. The highest BCUT2D eigenvalue weighted by Crippen LogP contribution is 2.26. The second kappa shape index (κ2) is 7.48. The highest BCUT2D eigenvalue weighted by molar-refractivity contribution is 6.42. The molecule has 1 aromatic carbocycles. The van der Waals surface area contributed by atoms with E-state index in [0.717, 1.165) is 31.2 Å². The molecule has 0 aliphatic heterocycles. The van der Waals surface area contributed by atoms with Crippen LogP contribution in [0.2, 0.25) is 10.0 Å². The normalized spacial score (nSPS) is 22.7. The van der Waals surface area contributed by atoms with E-state index in [1.54, 1.807) is 17.0 Å². The molecule has 1 aliphatic carbocycles. The maximum Gasteiger partial charge on any atom is 0.227 e. The van der Waals surface area contributed by atoms with E-state index in [2.05, 4.69) is 0 Å². The molecule has 0 heterocycles. The van der Waals surface area contributed by atoms with E-state index in [4.69, 9.17) is 28.9 Å². The van der Waals surface area contributed by atoms with E-state index < -0.39 is 0 Å². The van der Waals surface area contributed by atoms with Crippen LogP contribution in [0.4, 0.5) is 0 Å². The molecule has 2 rings (SSSR count). The molecule has 2 atom stereocenters. The minimum atomic E-state index is -0.0553. The van der Waals surface area contributed by atoms with Gasteiger partial charge in [-0.05, 0) is 30.5 Å². The Morgan fingerprint density at radius 1 is 1.24 bits per heavy atom. The van der Waals surface area contributed by atoms with Gasteiger partial charge in [0.2, 0.25) is 5.91 Å². The number of halogens is 2. The van der Waals surface area contributed by atoms with Crippen LogP contribution >= 0.6 is 23.2 Å². The van der Waals surface area contributed by atoms with Crippen molar-refractivity contribution in [2.24, 2.45) is 11.7 Å². The summed E-state index contributed by atoms with van der Waals surface area (Å²) in [6.45, 7) is 0.527. The van der Waals surface area contributed by atoms with Crippen molar-refractivity contribution in [2.45, 2.75) is 44.7 Å². The van der Waals surface area contributed by atoms with Crippen LogP contribution in [0.1, 0.15) is 37.7 Å². The van der Waals surface area contributed by atoms with Crippen molar-refractivity contribution in [1.29, 1.82) is 0 Å². The Balaban J connectivity index is 2.02. The minimum absolute atomic E-state index is 0.0174. The van der Waals surface area contributed by atoms with Crippen molar-refractivity contribution < 1.29 is 4.79 Å². The number of carbonyl (C=O) groups is 1. The van der Waals surface area contributed by atoms with Gasteiger partial charge in [-0.15, -0.1) is 0 Å². The van der Waals surface area contributed by atoms with Crippen molar-refractivity contribution in [3.63, 3.8) is 0 Å². The van der Waals surface area contributed by atoms with E-state index in [0.29, 0.717) is 16.6 Å². The first-order chi connectivity index (χ1) is 9.99. The van der Waals surface area contributed by atoms with Crippen LogP contribution < -0.4 is 5.73 Å². The molecule has 1 saturated carbocycles. The quantitative estimate of drug-likeness (QED) is 0.856. The summed E-state index contributed by atoms with van der Waals surface area (Å²) < 4.78 is 0. The van der Waals surface area contributed by atoms with E-state index in [9.17, 15) is 4.79 Å². The lowest BCUT2D eigenvalue weighted by Crippen LogP contribution is -2.41. The second-order valence-electron chi connectivity index (χ2n) is 5.85. The lowest BCUT2D eigenvalue weighted by Gasteiger charge is -2.26. The molecule has 0 bridgehead atoms. The van der Waals surface area contributed by atoms with Crippen molar-refractivity contribution in [1.82, 2.24) is 4.90 Å². The molecule has 1 amide bonds. The van der Waals surface area contributed by atoms with Gasteiger partial charge < -0.3 is 10.6 Å². The third-order valence-corrected chi connectivity index (χ3v) is 4.91. The summed E-state index contributed by atoms with van der Waals surface area (Å²) in [6.07, 6.45) is 5.23. The van der Waals surface area contributed by atoms with Crippen molar-refractivity contribution >= 4 is 29.1 Å². The van der Waals surface area contributed by atoms with E-state index in [-0.39, 0.29) is 17.9 Å². The molecule has 2 N–H and O–H groups in total. The molecule has 0 spiro atoms. The number of amides is 1. The zero-order chi connectivity index (χ0) is 15.4. The van der Waals surface area contributed by atoms with Gasteiger partial charge in [-0.25, -0.2) is 0 Å². The molecule has 116 valence electrons. The maximum atomic E-state index is 12.6. The SMILES string of the molecule is CN(Cc1ccc(Cl)c(Cl)c1)C(=O)C1CCCCCC1N. The van der Waals surface area contributed by atoms with Gasteiger partial charge in [0.1, 0.15) is 0 Å². The Morgan fingerprint density at radius 2 is 1.95 bits per heavy atom. The average molecular weight is 329 g/mol. The molecule has 0 radical (unpaired) electrons. The number of carbonyl (C=O) groups excluding carboxylic acids is 1. The number of nitrogens with zero attached hydrogens (tertiary/aromatic N) is 1. The summed E-state index contributed by atoms with van der Waals surface area (Å²) in [5.74, 6) is 0.0794. The summed E-state index contributed by atoms with van der Waals surface area (Å²) in [4.78, 5) is 14.3. The van der Waals surface area contributed by atoms with Gasteiger partial charge in [0, 0.05) is 19.6 Å². The molecule has 1 fully saturated rings. The fraction of sp³-hybridized carbons (Fsp3) is 0.562. The van der Waals surface area contributed by atoms with E-state index in [1.165, 1.54) is 6.42 Å². The van der Waals surface area contributed by atoms with Gasteiger partial charge >= 0.3 is 0 Å². The number of hydrogen-bond acceptors (Lipinski definition) is 2. The fourth-order valence-corrected chi connectivity index (χ4v) is 3.24. The lowest BCUT2D eigenvalue weighted by atomic mass is 9.94. The van der Waals surface area contributed by atoms with Gasteiger partial charge in [-0.1, -0.05) is 48.5 Å². The van der Waals surface area contributed by atoms with Crippen LogP contribution in [0.3, 0.4) is 0 Å². The summed E-state index contributed by atoms with van der Waals surface area (Å²) >= 11 is 11.9. The second-order valence-corrected chi connectivity index (χ2v) is 6.67. The van der Waals surface area contributed by atoms with Gasteiger partial charge in [-0.2, -0.15) is 0 Å². The first kappa shape index (κ1) is 16.6. The van der Waals surface area contributed by atoms with Crippen molar-refractivity contribution in [3.05, 3.63) is 33.8 Å².